The first-order valence-electron chi connectivity index (χ1n) is 7.98. The van der Waals surface area contributed by atoms with E-state index >= 15 is 0 Å². The largest absolute Gasteiger partial charge is 0.324 e. The van der Waals surface area contributed by atoms with Crippen LogP contribution in [-0.4, -0.2) is 37.0 Å². The molecule has 1 atom stereocenters. The van der Waals surface area contributed by atoms with Gasteiger partial charge in [0.15, 0.2) is 0 Å². The highest BCUT2D eigenvalue weighted by Crippen LogP contribution is 2.26. The van der Waals surface area contributed by atoms with Crippen LogP contribution in [0, 0.1) is 5.82 Å². The Labute approximate surface area is 168 Å². The summed E-state index contributed by atoms with van der Waals surface area (Å²) in [5, 5.41) is 7.01. The van der Waals surface area contributed by atoms with E-state index in [9.17, 15) is 9.18 Å². The van der Waals surface area contributed by atoms with E-state index in [0.717, 1.165) is 12.1 Å². The number of anilines is 1. The van der Waals surface area contributed by atoms with Gasteiger partial charge in [-0.25, -0.2) is 4.39 Å². The second kappa shape index (κ2) is 9.53. The van der Waals surface area contributed by atoms with Crippen molar-refractivity contribution >= 4 is 47.2 Å². The second-order valence-corrected chi connectivity index (χ2v) is 6.76. The molecule has 0 aliphatic carbocycles. The van der Waals surface area contributed by atoms with Crippen LogP contribution in [0.15, 0.2) is 42.5 Å². The van der Waals surface area contributed by atoms with Gasteiger partial charge >= 0.3 is 0 Å². The van der Waals surface area contributed by atoms with Crippen molar-refractivity contribution in [1.82, 2.24) is 10.2 Å². The van der Waals surface area contributed by atoms with Gasteiger partial charge in [-0.3, -0.25) is 9.69 Å². The van der Waals surface area contributed by atoms with Gasteiger partial charge < -0.3 is 10.6 Å². The van der Waals surface area contributed by atoms with E-state index in [-0.39, 0.29) is 36.7 Å². The third-order valence-corrected chi connectivity index (χ3v) is 4.70. The van der Waals surface area contributed by atoms with Crippen LogP contribution in [-0.2, 0) is 4.79 Å². The van der Waals surface area contributed by atoms with Gasteiger partial charge in [0, 0.05) is 30.7 Å². The van der Waals surface area contributed by atoms with Crippen molar-refractivity contribution < 1.29 is 9.18 Å². The summed E-state index contributed by atoms with van der Waals surface area (Å²) in [6, 6.07) is 11.3. The molecule has 0 saturated carbocycles. The van der Waals surface area contributed by atoms with Crippen molar-refractivity contribution in [2.24, 2.45) is 0 Å². The zero-order valence-electron chi connectivity index (χ0n) is 13.8. The summed E-state index contributed by atoms with van der Waals surface area (Å²) in [4.78, 5) is 14.5. The molecule has 1 aliphatic rings. The number of nitrogens with one attached hydrogen (secondary N) is 2. The molecule has 2 N–H and O–H groups in total. The van der Waals surface area contributed by atoms with Crippen LogP contribution in [0.4, 0.5) is 10.1 Å². The SMILES string of the molecule is Cl.O=C(CN1CCNCC1c1cccc(F)c1)Nc1cc(Cl)ccc1Cl. The first-order valence-corrected chi connectivity index (χ1v) is 8.73. The van der Waals surface area contributed by atoms with Crippen LogP contribution in [0.3, 0.4) is 0 Å². The van der Waals surface area contributed by atoms with Gasteiger partial charge in [0.2, 0.25) is 5.91 Å². The fraction of sp³-hybridized carbons (Fsp3) is 0.278. The van der Waals surface area contributed by atoms with Crippen LogP contribution < -0.4 is 10.6 Å². The Morgan fingerprint density at radius 2 is 2.08 bits per heavy atom. The molecule has 1 heterocycles. The van der Waals surface area contributed by atoms with Gasteiger partial charge in [-0.1, -0.05) is 35.3 Å². The molecule has 1 fully saturated rings. The van der Waals surface area contributed by atoms with Crippen molar-refractivity contribution in [2.45, 2.75) is 6.04 Å². The summed E-state index contributed by atoms with van der Waals surface area (Å²) in [6.07, 6.45) is 0. The molecule has 2 aromatic carbocycles. The Kier molecular flexibility index (Phi) is 7.68. The smallest absolute Gasteiger partial charge is 0.238 e. The van der Waals surface area contributed by atoms with E-state index in [0.29, 0.717) is 28.8 Å². The molecule has 4 nitrogen and oxygen atoms in total. The minimum atomic E-state index is -0.279. The first kappa shape index (κ1) is 20.9. The molecule has 2 aromatic rings. The molecule has 0 spiro atoms. The van der Waals surface area contributed by atoms with Crippen LogP contribution in [0.25, 0.3) is 0 Å². The Morgan fingerprint density at radius 3 is 2.85 bits per heavy atom. The Morgan fingerprint density at radius 1 is 1.27 bits per heavy atom. The molecule has 0 radical (unpaired) electrons. The number of amides is 1. The standard InChI is InChI=1S/C18H18Cl2FN3O.ClH/c19-13-4-5-15(20)16(9-13)23-18(25)11-24-7-6-22-10-17(24)12-2-1-3-14(21)8-12;/h1-5,8-9,17,22H,6-7,10-11H2,(H,23,25);1H. The molecular formula is C18H19Cl3FN3O. The maximum absolute atomic E-state index is 13.5. The fourth-order valence-corrected chi connectivity index (χ4v) is 3.28. The number of halogens is 4. The summed E-state index contributed by atoms with van der Waals surface area (Å²) in [5.74, 6) is -0.467. The minimum Gasteiger partial charge on any atom is -0.324 e. The normalized spacial score (nSPS) is 17.4. The molecular weight excluding hydrogens is 400 g/mol. The van der Waals surface area contributed by atoms with Gasteiger partial charge in [-0.2, -0.15) is 0 Å². The van der Waals surface area contributed by atoms with Crippen LogP contribution in [0.1, 0.15) is 11.6 Å². The van der Waals surface area contributed by atoms with E-state index in [1.165, 1.54) is 12.1 Å². The zero-order chi connectivity index (χ0) is 17.8. The van der Waals surface area contributed by atoms with Crippen LogP contribution in [0.5, 0.6) is 0 Å². The number of carbonyl (C=O) groups excluding carboxylic acids is 1. The quantitative estimate of drug-likeness (QED) is 0.784. The van der Waals surface area contributed by atoms with Gasteiger partial charge in [-0.05, 0) is 35.9 Å². The summed E-state index contributed by atoms with van der Waals surface area (Å²) in [7, 11) is 0. The lowest BCUT2D eigenvalue weighted by atomic mass is 10.0. The Balaban J connectivity index is 0.00000243. The molecule has 140 valence electrons. The lowest BCUT2D eigenvalue weighted by Crippen LogP contribution is -2.48. The van der Waals surface area contributed by atoms with E-state index in [2.05, 4.69) is 10.6 Å². The second-order valence-electron chi connectivity index (χ2n) is 5.92. The molecule has 26 heavy (non-hydrogen) atoms. The van der Waals surface area contributed by atoms with Crippen LogP contribution >= 0.6 is 35.6 Å². The molecule has 3 rings (SSSR count). The van der Waals surface area contributed by atoms with Gasteiger partial charge in [0.05, 0.1) is 17.3 Å². The molecule has 0 aromatic heterocycles. The predicted molar refractivity (Wildman–Crippen MR) is 106 cm³/mol. The number of benzene rings is 2. The van der Waals surface area contributed by atoms with Crippen molar-refractivity contribution in [3.8, 4) is 0 Å². The maximum atomic E-state index is 13.5. The number of carbonyl (C=O) groups is 1. The molecule has 1 unspecified atom stereocenters. The topological polar surface area (TPSA) is 44.4 Å². The molecule has 8 heteroatoms. The van der Waals surface area contributed by atoms with E-state index in [1.807, 2.05) is 11.0 Å². The highest BCUT2D eigenvalue weighted by Gasteiger charge is 2.26. The molecule has 1 amide bonds. The van der Waals surface area contributed by atoms with E-state index < -0.39 is 0 Å². The summed E-state index contributed by atoms with van der Waals surface area (Å²) < 4.78 is 13.5. The lowest BCUT2D eigenvalue weighted by Gasteiger charge is -2.36. The average Bonchev–Trinajstić information content (AvgIpc) is 2.58. The number of hydrogen-bond donors (Lipinski definition) is 2. The van der Waals surface area contributed by atoms with Crippen LogP contribution in [0.2, 0.25) is 10.0 Å². The zero-order valence-corrected chi connectivity index (χ0v) is 16.2. The number of hydrogen-bond acceptors (Lipinski definition) is 3. The Bertz CT molecular complexity index is 775. The van der Waals surface area contributed by atoms with Gasteiger partial charge in [0.1, 0.15) is 5.82 Å². The summed E-state index contributed by atoms with van der Waals surface area (Å²) in [6.45, 7) is 2.31. The number of nitrogens with zero attached hydrogens (tertiary/aromatic N) is 1. The van der Waals surface area contributed by atoms with Crippen molar-refractivity contribution in [3.63, 3.8) is 0 Å². The first-order chi connectivity index (χ1) is 12.0. The third kappa shape index (κ3) is 5.32. The number of rotatable bonds is 4. The summed E-state index contributed by atoms with van der Waals surface area (Å²) in [5.41, 5.74) is 1.33. The number of piperazine rings is 1. The van der Waals surface area contributed by atoms with Gasteiger partial charge in [0.25, 0.3) is 0 Å². The lowest BCUT2D eigenvalue weighted by molar-refractivity contribution is -0.118. The molecule has 1 saturated heterocycles. The third-order valence-electron chi connectivity index (χ3n) is 4.14. The maximum Gasteiger partial charge on any atom is 0.238 e. The minimum absolute atomic E-state index is 0. The predicted octanol–water partition coefficient (Wildman–Crippen LogP) is 4.14. The monoisotopic (exact) mass is 417 g/mol. The van der Waals surface area contributed by atoms with Gasteiger partial charge in [-0.15, -0.1) is 12.4 Å². The molecule has 0 bridgehead atoms. The van der Waals surface area contributed by atoms with Crippen molar-refractivity contribution in [2.75, 3.05) is 31.5 Å². The average molecular weight is 419 g/mol. The fourth-order valence-electron chi connectivity index (χ4n) is 2.95. The van der Waals surface area contributed by atoms with Crippen molar-refractivity contribution in [1.29, 1.82) is 0 Å². The van der Waals surface area contributed by atoms with E-state index in [1.54, 1.807) is 24.3 Å². The highest BCUT2D eigenvalue weighted by atomic mass is 35.5. The Hall–Kier alpha value is -1.37. The summed E-state index contributed by atoms with van der Waals surface area (Å²) >= 11 is 12.0. The molecule has 1 aliphatic heterocycles. The van der Waals surface area contributed by atoms with E-state index in [4.69, 9.17) is 23.2 Å². The highest BCUT2D eigenvalue weighted by molar-refractivity contribution is 6.35. The van der Waals surface area contributed by atoms with Crippen molar-refractivity contribution in [3.05, 3.63) is 63.9 Å².